The lowest BCUT2D eigenvalue weighted by Gasteiger charge is -2.31. The van der Waals surface area contributed by atoms with Crippen LogP contribution in [-0.2, 0) is 16.0 Å². The Morgan fingerprint density at radius 1 is 0.911 bits per heavy atom. The summed E-state index contributed by atoms with van der Waals surface area (Å²) in [5.41, 5.74) is 4.61. The van der Waals surface area contributed by atoms with E-state index in [-0.39, 0.29) is 30.2 Å². The molecule has 1 unspecified atom stereocenters. The van der Waals surface area contributed by atoms with Crippen LogP contribution in [0.5, 0.6) is 5.75 Å². The molecule has 9 nitrogen and oxygen atoms in total. The van der Waals surface area contributed by atoms with Crippen molar-refractivity contribution in [2.24, 2.45) is 0 Å². The molecule has 1 aliphatic heterocycles. The van der Waals surface area contributed by atoms with Crippen molar-refractivity contribution in [1.82, 2.24) is 19.7 Å². The van der Waals surface area contributed by atoms with Crippen molar-refractivity contribution in [1.29, 1.82) is 0 Å². The number of para-hydroxylation sites is 4. The number of carbonyl (C=O) groups excluding carboxylic acids is 2. The summed E-state index contributed by atoms with van der Waals surface area (Å²) in [4.78, 5) is 35.6. The van der Waals surface area contributed by atoms with Crippen molar-refractivity contribution >= 4 is 34.1 Å². The number of nitrogens with zero attached hydrogens (tertiary/aromatic N) is 5. The summed E-state index contributed by atoms with van der Waals surface area (Å²) < 4.78 is 1.89. The molecule has 2 N–H and O–H groups in total. The van der Waals surface area contributed by atoms with Crippen LogP contribution in [0.2, 0.25) is 0 Å². The van der Waals surface area contributed by atoms with E-state index in [1.165, 1.54) is 0 Å². The summed E-state index contributed by atoms with van der Waals surface area (Å²) in [7, 11) is 0. The summed E-state index contributed by atoms with van der Waals surface area (Å²) in [5.74, 6) is -0.143. The SMILES string of the molecule is CC(C)N(C(=O)CN1C(=O)C(Cc2c[nH]c3ccccc23)c2nnc(-c3cccc(O)c3)n2-c2ccccc21)c1ccccc1. The van der Waals surface area contributed by atoms with Gasteiger partial charge in [-0.15, -0.1) is 10.2 Å². The first-order valence-electron chi connectivity index (χ1n) is 15.0. The van der Waals surface area contributed by atoms with E-state index in [9.17, 15) is 14.7 Å². The second-order valence-electron chi connectivity index (χ2n) is 11.5. The molecule has 2 amide bonds. The highest BCUT2D eigenvalue weighted by molar-refractivity contribution is 6.08. The summed E-state index contributed by atoms with van der Waals surface area (Å²) in [6.45, 7) is 3.77. The Bertz CT molecular complexity index is 2030. The van der Waals surface area contributed by atoms with Gasteiger partial charge >= 0.3 is 0 Å². The lowest BCUT2D eigenvalue weighted by molar-refractivity contribution is -0.123. The van der Waals surface area contributed by atoms with Crippen molar-refractivity contribution in [2.75, 3.05) is 16.3 Å². The Kier molecular flexibility index (Phi) is 7.13. The van der Waals surface area contributed by atoms with Crippen LogP contribution in [0.15, 0.2) is 109 Å². The third-order valence-electron chi connectivity index (χ3n) is 8.29. The predicted molar refractivity (Wildman–Crippen MR) is 175 cm³/mol. The second-order valence-corrected chi connectivity index (χ2v) is 11.5. The molecule has 45 heavy (non-hydrogen) atoms. The van der Waals surface area contributed by atoms with Crippen LogP contribution in [0.1, 0.15) is 31.2 Å². The van der Waals surface area contributed by atoms with E-state index in [0.29, 0.717) is 35.0 Å². The normalized spacial score (nSPS) is 14.3. The summed E-state index contributed by atoms with van der Waals surface area (Å²) in [5, 5.41) is 20.5. The minimum Gasteiger partial charge on any atom is -0.508 e. The standard InChI is InChI=1S/C36H32N6O3/c1-23(2)41(26-12-4-3-5-13-26)33(44)22-40-31-17-8-9-18-32(31)42-34(24-11-10-14-27(43)19-24)38-39-35(42)29(36(40)45)20-25-21-37-30-16-7-6-15-28(25)30/h3-19,21,23,29,37,43H,20,22H2,1-2H3. The number of nitrogens with one attached hydrogen (secondary N) is 1. The molecular formula is C36H32N6O3. The van der Waals surface area contributed by atoms with Crippen molar-refractivity contribution in [2.45, 2.75) is 32.2 Å². The molecule has 0 bridgehead atoms. The molecule has 2 aromatic heterocycles. The third kappa shape index (κ3) is 5.02. The minimum atomic E-state index is -0.757. The molecule has 6 aromatic rings. The Morgan fingerprint density at radius 2 is 1.64 bits per heavy atom. The number of amides is 2. The van der Waals surface area contributed by atoms with Gasteiger partial charge in [0.05, 0.1) is 11.4 Å². The van der Waals surface area contributed by atoms with Gasteiger partial charge in [-0.1, -0.05) is 60.7 Å². The zero-order valence-electron chi connectivity index (χ0n) is 25.0. The molecule has 4 aromatic carbocycles. The Morgan fingerprint density at radius 3 is 2.42 bits per heavy atom. The fourth-order valence-electron chi connectivity index (χ4n) is 6.28. The first-order valence-corrected chi connectivity index (χ1v) is 15.0. The maximum atomic E-state index is 14.8. The van der Waals surface area contributed by atoms with Gasteiger partial charge in [-0.2, -0.15) is 0 Å². The number of hydrogen-bond acceptors (Lipinski definition) is 5. The smallest absolute Gasteiger partial charge is 0.247 e. The summed E-state index contributed by atoms with van der Waals surface area (Å²) in [6, 6.07) is 31.7. The lowest BCUT2D eigenvalue weighted by Crippen LogP contribution is -2.47. The van der Waals surface area contributed by atoms with E-state index in [2.05, 4.69) is 15.2 Å². The van der Waals surface area contributed by atoms with Crippen LogP contribution < -0.4 is 9.80 Å². The van der Waals surface area contributed by atoms with Crippen LogP contribution >= 0.6 is 0 Å². The molecule has 0 fully saturated rings. The van der Waals surface area contributed by atoms with E-state index in [0.717, 1.165) is 22.2 Å². The zero-order valence-corrected chi connectivity index (χ0v) is 25.0. The van der Waals surface area contributed by atoms with Gasteiger partial charge in [0.25, 0.3) is 0 Å². The summed E-state index contributed by atoms with van der Waals surface area (Å²) >= 11 is 0. The average Bonchev–Trinajstić information content (AvgIpc) is 3.65. The molecule has 7 rings (SSSR count). The van der Waals surface area contributed by atoms with Crippen molar-refractivity contribution in [3.05, 3.63) is 121 Å². The van der Waals surface area contributed by atoms with E-state index in [1.54, 1.807) is 28.0 Å². The number of fused-ring (bicyclic) bond motifs is 4. The second kappa shape index (κ2) is 11.4. The minimum absolute atomic E-state index is 0.0973. The number of phenols is 1. The number of carbonyl (C=O) groups is 2. The van der Waals surface area contributed by atoms with Gasteiger partial charge in [0, 0.05) is 34.4 Å². The Labute approximate surface area is 260 Å². The number of rotatable bonds is 7. The van der Waals surface area contributed by atoms with E-state index in [4.69, 9.17) is 0 Å². The number of aromatic amines is 1. The summed E-state index contributed by atoms with van der Waals surface area (Å²) in [6.07, 6.45) is 2.27. The number of anilines is 2. The van der Waals surface area contributed by atoms with Gasteiger partial charge < -0.3 is 19.9 Å². The molecule has 0 radical (unpaired) electrons. The Hall–Kier alpha value is -5.70. The molecule has 0 saturated carbocycles. The predicted octanol–water partition coefficient (Wildman–Crippen LogP) is 6.24. The number of phenolic OH excluding ortho intramolecular Hbond substituents is 1. The zero-order chi connectivity index (χ0) is 31.1. The average molecular weight is 597 g/mol. The van der Waals surface area contributed by atoms with Crippen LogP contribution in [-0.4, -0.2) is 49.3 Å². The van der Waals surface area contributed by atoms with Crippen molar-refractivity contribution in [3.8, 4) is 22.8 Å². The fraction of sp³-hybridized carbons (Fsp3) is 0.167. The monoisotopic (exact) mass is 596 g/mol. The fourth-order valence-corrected chi connectivity index (χ4v) is 6.28. The molecular weight excluding hydrogens is 564 g/mol. The molecule has 0 spiro atoms. The van der Waals surface area contributed by atoms with Gasteiger partial charge in [-0.05, 0) is 68.3 Å². The van der Waals surface area contributed by atoms with E-state index in [1.807, 2.05) is 110 Å². The topological polar surface area (TPSA) is 107 Å². The molecule has 0 aliphatic carbocycles. The highest BCUT2D eigenvalue weighted by Gasteiger charge is 2.39. The number of benzene rings is 4. The number of aromatic nitrogens is 4. The highest BCUT2D eigenvalue weighted by atomic mass is 16.3. The largest absolute Gasteiger partial charge is 0.508 e. The first kappa shape index (κ1) is 28.1. The molecule has 1 atom stereocenters. The molecule has 224 valence electrons. The van der Waals surface area contributed by atoms with Gasteiger partial charge in [0.2, 0.25) is 11.8 Å². The maximum absolute atomic E-state index is 14.8. The maximum Gasteiger partial charge on any atom is 0.247 e. The van der Waals surface area contributed by atoms with Gasteiger partial charge in [0.1, 0.15) is 18.2 Å². The van der Waals surface area contributed by atoms with Crippen LogP contribution in [0, 0.1) is 0 Å². The molecule has 0 saturated heterocycles. The van der Waals surface area contributed by atoms with E-state index < -0.39 is 5.92 Å². The number of aromatic hydroxyl groups is 1. The molecule has 1 aliphatic rings. The highest BCUT2D eigenvalue weighted by Crippen LogP contribution is 2.39. The molecule has 3 heterocycles. The van der Waals surface area contributed by atoms with Crippen LogP contribution in [0.3, 0.4) is 0 Å². The number of H-pyrrole nitrogens is 1. The first-order chi connectivity index (χ1) is 21.9. The third-order valence-corrected chi connectivity index (χ3v) is 8.29. The van der Waals surface area contributed by atoms with E-state index >= 15 is 0 Å². The van der Waals surface area contributed by atoms with Gasteiger partial charge in [-0.25, -0.2) is 0 Å². The van der Waals surface area contributed by atoms with Gasteiger partial charge in [-0.3, -0.25) is 14.2 Å². The number of hydrogen-bond donors (Lipinski definition) is 2. The quantitative estimate of drug-likeness (QED) is 0.227. The van der Waals surface area contributed by atoms with Gasteiger partial charge in [0.15, 0.2) is 11.6 Å². The van der Waals surface area contributed by atoms with Crippen molar-refractivity contribution in [3.63, 3.8) is 0 Å². The molecule has 9 heteroatoms. The van der Waals surface area contributed by atoms with Crippen LogP contribution in [0.25, 0.3) is 28.0 Å². The Balaban J connectivity index is 1.39. The lowest BCUT2D eigenvalue weighted by atomic mass is 9.96. The van der Waals surface area contributed by atoms with Crippen LogP contribution in [0.4, 0.5) is 11.4 Å². The van der Waals surface area contributed by atoms with Crippen molar-refractivity contribution < 1.29 is 14.7 Å².